The fourth-order valence-corrected chi connectivity index (χ4v) is 1.62. The Kier molecular flexibility index (Phi) is 6.02. The first kappa shape index (κ1) is 19.3. The molecule has 4 nitrogen and oxygen atoms in total. The summed E-state index contributed by atoms with van der Waals surface area (Å²) >= 11 is 1.65. The monoisotopic (exact) mass is 450 g/mol. The maximum atomic E-state index is 12.0. The first-order valence-corrected chi connectivity index (χ1v) is 6.77. The highest BCUT2D eigenvalue weighted by molar-refractivity contribution is 14.1. The van der Waals surface area contributed by atoms with Crippen molar-refractivity contribution < 1.29 is 26.3 Å². The molecule has 0 aliphatic carbocycles. The predicted octanol–water partition coefficient (Wildman–Crippen LogP) is 3.97. The van der Waals surface area contributed by atoms with Crippen molar-refractivity contribution in [3.05, 3.63) is 45.6 Å². The van der Waals surface area contributed by atoms with Gasteiger partial charge in [-0.25, -0.2) is 9.97 Å². The normalized spacial score (nSPS) is 11.6. The van der Waals surface area contributed by atoms with Crippen molar-refractivity contribution in [1.82, 2.24) is 9.97 Å². The van der Waals surface area contributed by atoms with Crippen LogP contribution in [-0.2, 0) is 12.4 Å². The van der Waals surface area contributed by atoms with Crippen LogP contribution in [-0.4, -0.2) is 9.97 Å². The van der Waals surface area contributed by atoms with E-state index in [0.717, 1.165) is 24.4 Å². The molecule has 2 aromatic heterocycles. The number of nitrogen functional groups attached to an aromatic ring is 2. The van der Waals surface area contributed by atoms with Gasteiger partial charge in [0.15, 0.2) is 0 Å². The number of nitrogens with two attached hydrogens (primary N) is 2. The zero-order valence-electron chi connectivity index (χ0n) is 11.1. The average molecular weight is 450 g/mol. The highest BCUT2D eigenvalue weighted by Gasteiger charge is 2.33. The van der Waals surface area contributed by atoms with E-state index in [2.05, 4.69) is 9.97 Å². The molecule has 0 aliphatic rings. The Balaban J connectivity index is 0.000000231. The van der Waals surface area contributed by atoms with Gasteiger partial charge < -0.3 is 11.5 Å². The lowest BCUT2D eigenvalue weighted by Gasteiger charge is -2.06. The second-order valence-electron chi connectivity index (χ2n) is 4.05. The zero-order chi connectivity index (χ0) is 17.8. The number of hydrogen-bond acceptors (Lipinski definition) is 4. The summed E-state index contributed by atoms with van der Waals surface area (Å²) in [6.07, 6.45) is -7.80. The van der Waals surface area contributed by atoms with Crippen molar-refractivity contribution in [1.29, 1.82) is 0 Å². The van der Waals surface area contributed by atoms with Crippen molar-refractivity contribution in [2.24, 2.45) is 0 Å². The Morgan fingerprint density at radius 1 is 0.826 bits per heavy atom. The van der Waals surface area contributed by atoms with Crippen LogP contribution in [0.4, 0.5) is 37.7 Å². The van der Waals surface area contributed by atoms with E-state index in [9.17, 15) is 26.3 Å². The van der Waals surface area contributed by atoms with Gasteiger partial charge in [-0.15, -0.1) is 0 Å². The summed E-state index contributed by atoms with van der Waals surface area (Å²) in [7, 11) is 0. The molecule has 126 valence electrons. The van der Waals surface area contributed by atoms with Gasteiger partial charge in [0.1, 0.15) is 15.1 Å². The van der Waals surface area contributed by atoms with Crippen LogP contribution < -0.4 is 11.5 Å². The van der Waals surface area contributed by atoms with E-state index in [1.165, 1.54) is 6.07 Å². The molecule has 0 aliphatic heterocycles. The molecule has 2 aromatic rings. The summed E-state index contributed by atoms with van der Waals surface area (Å²) in [5.41, 5.74) is 9.07. The number of hydrogen-bond donors (Lipinski definition) is 2. The molecule has 0 aromatic carbocycles. The number of aromatic nitrogens is 2. The number of anilines is 2. The highest BCUT2D eigenvalue weighted by atomic mass is 127. The van der Waals surface area contributed by atoms with Gasteiger partial charge in [0, 0.05) is 0 Å². The minimum atomic E-state index is -4.40. The molecule has 0 radical (unpaired) electrons. The topological polar surface area (TPSA) is 77.8 Å². The Morgan fingerprint density at radius 3 is 1.74 bits per heavy atom. The zero-order valence-corrected chi connectivity index (χ0v) is 13.2. The lowest BCUT2D eigenvalue weighted by Crippen LogP contribution is -2.09. The van der Waals surface area contributed by atoms with Crippen LogP contribution in [0, 0.1) is 3.70 Å². The van der Waals surface area contributed by atoms with Crippen molar-refractivity contribution in [3.63, 3.8) is 0 Å². The van der Waals surface area contributed by atoms with Gasteiger partial charge in [-0.3, -0.25) is 0 Å². The molecular formula is C12H9F6IN4. The Hall–Kier alpha value is -1.79. The van der Waals surface area contributed by atoms with E-state index in [-0.39, 0.29) is 15.1 Å². The smallest absolute Gasteiger partial charge is 0.397 e. The van der Waals surface area contributed by atoms with Gasteiger partial charge >= 0.3 is 12.4 Å². The van der Waals surface area contributed by atoms with Crippen LogP contribution in [0.1, 0.15) is 11.4 Å². The third kappa shape index (κ3) is 6.08. The minimum Gasteiger partial charge on any atom is -0.397 e. The van der Waals surface area contributed by atoms with Gasteiger partial charge in [-0.05, 0) is 46.9 Å². The first-order valence-electron chi connectivity index (χ1n) is 5.69. The molecule has 0 fully saturated rings. The average Bonchev–Trinajstić information content (AvgIpc) is 2.41. The number of halogens is 7. The fourth-order valence-electron chi connectivity index (χ4n) is 1.18. The summed E-state index contributed by atoms with van der Waals surface area (Å²) in [4.78, 5) is 6.38. The van der Waals surface area contributed by atoms with Crippen LogP contribution in [0.5, 0.6) is 0 Å². The number of alkyl halides is 6. The summed E-state index contributed by atoms with van der Waals surface area (Å²) in [5.74, 6) is 0. The molecular weight excluding hydrogens is 441 g/mol. The molecule has 2 rings (SSSR count). The molecule has 4 N–H and O–H groups in total. The van der Waals surface area contributed by atoms with Crippen LogP contribution in [0.25, 0.3) is 0 Å². The molecule has 11 heteroatoms. The standard InChI is InChI=1S/C6H4F3IN2.C6H5F3N2/c7-6(8,9)4-2-1-3(11)5(10)12-4;7-6(8,9)5-2-1-4(10)3-11-5/h1-2H,11H2;1-3H,10H2. The lowest BCUT2D eigenvalue weighted by molar-refractivity contribution is -0.142. The van der Waals surface area contributed by atoms with Gasteiger partial charge in [-0.2, -0.15) is 26.3 Å². The Labute approximate surface area is 140 Å². The van der Waals surface area contributed by atoms with Crippen molar-refractivity contribution in [2.75, 3.05) is 11.5 Å². The molecule has 0 unspecified atom stereocenters. The largest absolute Gasteiger partial charge is 0.433 e. The van der Waals surface area contributed by atoms with Gasteiger partial charge in [0.25, 0.3) is 0 Å². The summed E-state index contributed by atoms with van der Waals surface area (Å²) in [6, 6.07) is 4.06. The molecule has 0 amide bonds. The van der Waals surface area contributed by atoms with E-state index >= 15 is 0 Å². The Bertz CT molecular complexity index is 654. The van der Waals surface area contributed by atoms with Crippen LogP contribution in [0.3, 0.4) is 0 Å². The number of pyridine rings is 2. The molecule has 0 atom stereocenters. The molecule has 0 spiro atoms. The van der Waals surface area contributed by atoms with E-state index in [1.54, 1.807) is 22.6 Å². The summed E-state index contributed by atoms with van der Waals surface area (Å²) in [5, 5.41) is 0. The van der Waals surface area contributed by atoms with Gasteiger partial charge in [-0.1, -0.05) is 0 Å². The fraction of sp³-hybridized carbons (Fsp3) is 0.167. The highest BCUT2D eigenvalue weighted by Crippen LogP contribution is 2.29. The van der Waals surface area contributed by atoms with E-state index in [4.69, 9.17) is 11.5 Å². The third-order valence-electron chi connectivity index (χ3n) is 2.24. The quantitative estimate of drug-likeness (QED) is 0.362. The second kappa shape index (κ2) is 7.19. The molecule has 0 saturated heterocycles. The molecule has 0 saturated carbocycles. The number of rotatable bonds is 0. The van der Waals surface area contributed by atoms with Crippen LogP contribution >= 0.6 is 22.6 Å². The van der Waals surface area contributed by atoms with Crippen LogP contribution in [0.2, 0.25) is 0 Å². The van der Waals surface area contributed by atoms with Crippen molar-refractivity contribution in [3.8, 4) is 0 Å². The molecule has 23 heavy (non-hydrogen) atoms. The van der Waals surface area contributed by atoms with Crippen molar-refractivity contribution in [2.45, 2.75) is 12.4 Å². The predicted molar refractivity (Wildman–Crippen MR) is 80.0 cm³/mol. The summed E-state index contributed by atoms with van der Waals surface area (Å²) < 4.78 is 71.6. The van der Waals surface area contributed by atoms with Crippen molar-refractivity contribution >= 4 is 34.0 Å². The second-order valence-corrected chi connectivity index (χ2v) is 5.07. The lowest BCUT2D eigenvalue weighted by atomic mass is 10.3. The third-order valence-corrected chi connectivity index (χ3v) is 3.11. The maximum absolute atomic E-state index is 12.0. The first-order chi connectivity index (χ1) is 10.4. The maximum Gasteiger partial charge on any atom is 0.433 e. The number of nitrogens with zero attached hydrogens (tertiary/aromatic N) is 2. The van der Waals surface area contributed by atoms with Gasteiger partial charge in [0.05, 0.1) is 17.6 Å². The van der Waals surface area contributed by atoms with Gasteiger partial charge in [0.2, 0.25) is 0 Å². The van der Waals surface area contributed by atoms with E-state index < -0.39 is 23.7 Å². The SMILES string of the molecule is Nc1ccc(C(F)(F)F)nc1.Nc1ccc(C(F)(F)F)nc1I. The minimum absolute atomic E-state index is 0.169. The van der Waals surface area contributed by atoms with E-state index in [1.807, 2.05) is 0 Å². The Morgan fingerprint density at radius 2 is 1.35 bits per heavy atom. The molecule has 0 bridgehead atoms. The van der Waals surface area contributed by atoms with E-state index in [0.29, 0.717) is 0 Å². The molecule has 2 heterocycles. The van der Waals surface area contributed by atoms with Crippen LogP contribution in [0.15, 0.2) is 30.5 Å². The summed E-state index contributed by atoms with van der Waals surface area (Å²) in [6.45, 7) is 0.